The Balaban J connectivity index is 1.76. The lowest BCUT2D eigenvalue weighted by molar-refractivity contribution is 0.690. The van der Waals surface area contributed by atoms with E-state index in [1.54, 1.807) is 0 Å². The number of nitrogens with two attached hydrogens (primary N) is 1. The minimum Gasteiger partial charge on any atom is -0.312 e. The minimum atomic E-state index is 0.507. The lowest BCUT2D eigenvalue weighted by Crippen LogP contribution is -2.31. The van der Waals surface area contributed by atoms with Gasteiger partial charge in [-0.2, -0.15) is 0 Å². The molecule has 0 radical (unpaired) electrons. The molecule has 3 N–H and O–H groups in total. The van der Waals surface area contributed by atoms with Crippen LogP contribution in [-0.4, -0.2) is 11.9 Å². The molecule has 1 aliphatic carbocycles. The maximum atomic E-state index is 5.55. The van der Waals surface area contributed by atoms with Gasteiger partial charge in [0.25, 0.3) is 0 Å². The molecule has 18 heavy (non-hydrogen) atoms. The molecule has 0 spiro atoms. The zero-order valence-corrected chi connectivity index (χ0v) is 10.9. The van der Waals surface area contributed by atoms with E-state index in [0.717, 1.165) is 25.1 Å². The Kier molecular flexibility index (Phi) is 5.21. The molecular weight excluding hydrogens is 222 g/mol. The van der Waals surface area contributed by atoms with E-state index in [0.29, 0.717) is 6.04 Å². The Bertz CT molecular complexity index is 367. The van der Waals surface area contributed by atoms with Crippen molar-refractivity contribution in [3.05, 3.63) is 35.9 Å². The standard InChI is InChI=1S/C15H23N3/c16-18-15(17-14-10-4-5-11-14)12-6-9-13-7-2-1-3-8-13/h1-3,7-8,14H,4-6,9-12,16H2,(H,17,18). The van der Waals surface area contributed by atoms with Gasteiger partial charge in [0.15, 0.2) is 0 Å². The summed E-state index contributed by atoms with van der Waals surface area (Å²) in [5, 5.41) is 0. The zero-order chi connectivity index (χ0) is 12.6. The molecule has 0 saturated heterocycles. The number of benzene rings is 1. The summed E-state index contributed by atoms with van der Waals surface area (Å²) in [5.74, 6) is 6.52. The van der Waals surface area contributed by atoms with Crippen molar-refractivity contribution in [2.24, 2.45) is 10.8 Å². The van der Waals surface area contributed by atoms with Crippen LogP contribution in [0.3, 0.4) is 0 Å². The van der Waals surface area contributed by atoms with Crippen LogP contribution in [0.5, 0.6) is 0 Å². The van der Waals surface area contributed by atoms with Crippen LogP contribution in [0.25, 0.3) is 0 Å². The smallest absolute Gasteiger partial charge is 0.111 e. The summed E-state index contributed by atoms with van der Waals surface area (Å²) in [6.07, 6.45) is 8.22. The molecular formula is C15H23N3. The molecule has 0 amide bonds. The predicted molar refractivity (Wildman–Crippen MR) is 76.4 cm³/mol. The molecule has 0 atom stereocenters. The van der Waals surface area contributed by atoms with Gasteiger partial charge in [-0.05, 0) is 31.2 Å². The third kappa shape index (κ3) is 4.15. The predicted octanol–water partition coefficient (Wildman–Crippen LogP) is 2.81. The van der Waals surface area contributed by atoms with E-state index in [4.69, 9.17) is 10.8 Å². The van der Waals surface area contributed by atoms with Crippen molar-refractivity contribution in [2.45, 2.75) is 51.0 Å². The van der Waals surface area contributed by atoms with Gasteiger partial charge in [0.05, 0.1) is 6.04 Å². The van der Waals surface area contributed by atoms with Crippen molar-refractivity contribution in [1.29, 1.82) is 0 Å². The van der Waals surface area contributed by atoms with Gasteiger partial charge in [0, 0.05) is 6.42 Å². The first-order valence-electron chi connectivity index (χ1n) is 6.95. The van der Waals surface area contributed by atoms with Crippen LogP contribution in [0.1, 0.15) is 44.1 Å². The summed E-state index contributed by atoms with van der Waals surface area (Å²) in [5.41, 5.74) is 4.15. The van der Waals surface area contributed by atoms with Crippen molar-refractivity contribution in [1.82, 2.24) is 5.43 Å². The van der Waals surface area contributed by atoms with Gasteiger partial charge in [0.2, 0.25) is 0 Å². The van der Waals surface area contributed by atoms with E-state index in [9.17, 15) is 0 Å². The molecule has 1 aliphatic rings. The fourth-order valence-corrected chi connectivity index (χ4v) is 2.53. The molecule has 1 saturated carbocycles. The van der Waals surface area contributed by atoms with Gasteiger partial charge in [-0.3, -0.25) is 4.99 Å². The van der Waals surface area contributed by atoms with Gasteiger partial charge in [-0.25, -0.2) is 5.84 Å². The fraction of sp³-hybridized carbons (Fsp3) is 0.533. The third-order valence-electron chi connectivity index (χ3n) is 3.55. The molecule has 0 bridgehead atoms. The van der Waals surface area contributed by atoms with Crippen LogP contribution in [0.15, 0.2) is 35.3 Å². The summed E-state index contributed by atoms with van der Waals surface area (Å²) in [6.45, 7) is 0. The van der Waals surface area contributed by atoms with Crippen LogP contribution in [-0.2, 0) is 6.42 Å². The van der Waals surface area contributed by atoms with E-state index in [1.807, 2.05) is 0 Å². The number of aryl methyl sites for hydroxylation is 1. The van der Waals surface area contributed by atoms with Gasteiger partial charge in [-0.1, -0.05) is 43.2 Å². The second-order valence-electron chi connectivity index (χ2n) is 5.00. The second kappa shape index (κ2) is 7.17. The summed E-state index contributed by atoms with van der Waals surface area (Å²) in [7, 11) is 0. The average molecular weight is 245 g/mol. The number of rotatable bonds is 5. The zero-order valence-electron chi connectivity index (χ0n) is 10.9. The molecule has 1 aromatic rings. The Hall–Kier alpha value is -1.35. The number of hydrazine groups is 1. The van der Waals surface area contributed by atoms with Crippen LogP contribution < -0.4 is 11.3 Å². The van der Waals surface area contributed by atoms with E-state index in [2.05, 4.69) is 35.8 Å². The maximum Gasteiger partial charge on any atom is 0.111 e. The molecule has 0 aromatic heterocycles. The summed E-state index contributed by atoms with van der Waals surface area (Å²) >= 11 is 0. The SMILES string of the molecule is NNC(CCCc1ccccc1)=NC1CCCC1. The van der Waals surface area contributed by atoms with E-state index in [-0.39, 0.29) is 0 Å². The van der Waals surface area contributed by atoms with Crippen LogP contribution in [0.2, 0.25) is 0 Å². The topological polar surface area (TPSA) is 50.4 Å². The molecule has 3 heteroatoms. The molecule has 98 valence electrons. The highest BCUT2D eigenvalue weighted by Gasteiger charge is 2.14. The summed E-state index contributed by atoms with van der Waals surface area (Å²) < 4.78 is 0. The molecule has 1 aromatic carbocycles. The molecule has 3 nitrogen and oxygen atoms in total. The third-order valence-corrected chi connectivity index (χ3v) is 3.55. The van der Waals surface area contributed by atoms with Crippen molar-refractivity contribution >= 4 is 5.84 Å². The second-order valence-corrected chi connectivity index (χ2v) is 5.00. The van der Waals surface area contributed by atoms with E-state index >= 15 is 0 Å². The fourth-order valence-electron chi connectivity index (χ4n) is 2.53. The lowest BCUT2D eigenvalue weighted by atomic mass is 10.1. The van der Waals surface area contributed by atoms with Crippen molar-refractivity contribution in [3.63, 3.8) is 0 Å². The Labute approximate surface area is 109 Å². The number of hydrogen-bond donors (Lipinski definition) is 2. The first-order chi connectivity index (χ1) is 8.88. The first-order valence-corrected chi connectivity index (χ1v) is 6.95. The van der Waals surface area contributed by atoms with Crippen molar-refractivity contribution < 1.29 is 0 Å². The van der Waals surface area contributed by atoms with Gasteiger partial charge in [-0.15, -0.1) is 0 Å². The molecule has 0 unspecified atom stereocenters. The van der Waals surface area contributed by atoms with E-state index in [1.165, 1.54) is 31.2 Å². The number of nitrogens with zero attached hydrogens (tertiary/aromatic N) is 1. The van der Waals surface area contributed by atoms with Crippen LogP contribution in [0.4, 0.5) is 0 Å². The normalized spacial score (nSPS) is 17.1. The highest BCUT2D eigenvalue weighted by Crippen LogP contribution is 2.21. The summed E-state index contributed by atoms with van der Waals surface area (Å²) in [6, 6.07) is 11.1. The summed E-state index contributed by atoms with van der Waals surface area (Å²) in [4.78, 5) is 4.71. The van der Waals surface area contributed by atoms with Crippen LogP contribution in [0, 0.1) is 0 Å². The Morgan fingerprint density at radius 1 is 1.22 bits per heavy atom. The van der Waals surface area contributed by atoms with E-state index < -0.39 is 0 Å². The number of amidine groups is 1. The number of hydrogen-bond acceptors (Lipinski definition) is 2. The highest BCUT2D eigenvalue weighted by atomic mass is 15.3. The Morgan fingerprint density at radius 3 is 2.61 bits per heavy atom. The van der Waals surface area contributed by atoms with Gasteiger partial charge >= 0.3 is 0 Å². The average Bonchev–Trinajstić information content (AvgIpc) is 2.92. The number of aliphatic imine (C=N–C) groups is 1. The number of nitrogens with one attached hydrogen (secondary N) is 1. The maximum absolute atomic E-state index is 5.55. The first kappa shape index (κ1) is 13.1. The molecule has 2 rings (SSSR count). The molecule has 0 heterocycles. The Morgan fingerprint density at radius 2 is 1.94 bits per heavy atom. The molecule has 0 aliphatic heterocycles. The van der Waals surface area contributed by atoms with Gasteiger partial charge in [0.1, 0.15) is 5.84 Å². The largest absolute Gasteiger partial charge is 0.312 e. The lowest BCUT2D eigenvalue weighted by Gasteiger charge is -2.09. The minimum absolute atomic E-state index is 0.507. The quantitative estimate of drug-likeness (QED) is 0.363. The highest BCUT2D eigenvalue weighted by molar-refractivity contribution is 5.81. The van der Waals surface area contributed by atoms with Gasteiger partial charge < -0.3 is 5.43 Å². The molecule has 1 fully saturated rings. The van der Waals surface area contributed by atoms with Crippen molar-refractivity contribution in [3.8, 4) is 0 Å². The van der Waals surface area contributed by atoms with Crippen molar-refractivity contribution in [2.75, 3.05) is 0 Å². The van der Waals surface area contributed by atoms with Crippen LogP contribution >= 0.6 is 0 Å². The monoisotopic (exact) mass is 245 g/mol.